The largest absolute Gasteiger partial charge is 0.326 e. The third kappa shape index (κ3) is 2.99. The lowest BCUT2D eigenvalue weighted by molar-refractivity contribution is -0.116. The van der Waals surface area contributed by atoms with Crippen LogP contribution >= 0.6 is 0 Å². The molecule has 2 aromatic carbocycles. The predicted octanol–water partition coefficient (Wildman–Crippen LogP) is 4.36. The molecule has 0 aliphatic heterocycles. The van der Waals surface area contributed by atoms with E-state index in [0.29, 0.717) is 12.3 Å². The molecule has 1 amide bonds. The Labute approximate surface area is 126 Å². The smallest absolute Gasteiger partial charge is 0.224 e. The minimum Gasteiger partial charge on any atom is -0.326 e. The van der Waals surface area contributed by atoms with E-state index in [1.807, 2.05) is 19.9 Å². The Kier molecular flexibility index (Phi) is 3.78. The minimum absolute atomic E-state index is 0.116. The highest BCUT2D eigenvalue weighted by Crippen LogP contribution is 2.35. The summed E-state index contributed by atoms with van der Waals surface area (Å²) in [5, 5.41) is 3.07. The molecule has 3 rings (SSSR count). The van der Waals surface area contributed by atoms with Crippen LogP contribution in [0.1, 0.15) is 41.0 Å². The molecule has 0 aromatic heterocycles. The summed E-state index contributed by atoms with van der Waals surface area (Å²) in [5.41, 5.74) is 5.98. The molecule has 0 bridgehead atoms. The van der Waals surface area contributed by atoms with Gasteiger partial charge in [-0.1, -0.05) is 36.4 Å². The highest BCUT2D eigenvalue weighted by Gasteiger charge is 2.24. The van der Waals surface area contributed by atoms with Crippen molar-refractivity contribution in [1.82, 2.24) is 0 Å². The fourth-order valence-electron chi connectivity index (χ4n) is 3.15. The van der Waals surface area contributed by atoms with Crippen LogP contribution in [0.15, 0.2) is 42.5 Å². The van der Waals surface area contributed by atoms with Crippen LogP contribution in [-0.4, -0.2) is 5.91 Å². The molecule has 1 atom stereocenters. The Hall–Kier alpha value is -2.09. The van der Waals surface area contributed by atoms with E-state index in [-0.39, 0.29) is 5.91 Å². The van der Waals surface area contributed by atoms with Crippen molar-refractivity contribution >= 4 is 11.6 Å². The third-order valence-corrected chi connectivity index (χ3v) is 4.36. The van der Waals surface area contributed by atoms with E-state index in [9.17, 15) is 4.79 Å². The molecular weight excluding hydrogens is 258 g/mol. The van der Waals surface area contributed by atoms with E-state index < -0.39 is 0 Å². The van der Waals surface area contributed by atoms with Gasteiger partial charge in [-0.25, -0.2) is 0 Å². The first kappa shape index (κ1) is 13.9. The average molecular weight is 279 g/mol. The summed E-state index contributed by atoms with van der Waals surface area (Å²) in [4.78, 5) is 12.3. The lowest BCUT2D eigenvalue weighted by Gasteiger charge is -2.13. The summed E-state index contributed by atoms with van der Waals surface area (Å²) < 4.78 is 0. The molecule has 1 unspecified atom stereocenters. The summed E-state index contributed by atoms with van der Waals surface area (Å²) in [6, 6.07) is 14.6. The van der Waals surface area contributed by atoms with Gasteiger partial charge in [0.25, 0.3) is 0 Å². The Balaban J connectivity index is 1.69. The van der Waals surface area contributed by atoms with Crippen molar-refractivity contribution in [3.05, 3.63) is 64.7 Å². The highest BCUT2D eigenvalue weighted by molar-refractivity contribution is 5.92. The zero-order chi connectivity index (χ0) is 14.8. The van der Waals surface area contributed by atoms with E-state index in [2.05, 4.69) is 41.7 Å². The molecule has 21 heavy (non-hydrogen) atoms. The standard InChI is InChI=1S/C19H21NO/c1-13-7-8-14(2)18(11-13)20-19(21)12-16-10-9-15-5-3-4-6-17(15)16/h3-8,11,16H,9-10,12H2,1-2H3,(H,20,21). The third-order valence-electron chi connectivity index (χ3n) is 4.36. The van der Waals surface area contributed by atoms with Crippen molar-refractivity contribution in [2.24, 2.45) is 0 Å². The summed E-state index contributed by atoms with van der Waals surface area (Å²) in [5.74, 6) is 0.483. The van der Waals surface area contributed by atoms with E-state index in [0.717, 1.165) is 24.1 Å². The molecule has 0 saturated carbocycles. The normalized spacial score (nSPS) is 16.6. The number of nitrogens with one attached hydrogen (secondary N) is 1. The molecular formula is C19H21NO. The SMILES string of the molecule is Cc1ccc(C)c(NC(=O)CC2CCc3ccccc32)c1. The first-order chi connectivity index (χ1) is 10.1. The number of aryl methyl sites for hydroxylation is 3. The zero-order valence-electron chi connectivity index (χ0n) is 12.6. The number of amides is 1. The lowest BCUT2D eigenvalue weighted by Crippen LogP contribution is -2.15. The van der Waals surface area contributed by atoms with Crippen LogP contribution in [0.4, 0.5) is 5.69 Å². The Morgan fingerprint density at radius 2 is 2.00 bits per heavy atom. The van der Waals surface area contributed by atoms with Crippen LogP contribution in [0.5, 0.6) is 0 Å². The molecule has 2 nitrogen and oxygen atoms in total. The van der Waals surface area contributed by atoms with Crippen LogP contribution in [0, 0.1) is 13.8 Å². The number of anilines is 1. The van der Waals surface area contributed by atoms with Crippen molar-refractivity contribution in [3.63, 3.8) is 0 Å². The summed E-state index contributed by atoms with van der Waals surface area (Å²) in [7, 11) is 0. The maximum Gasteiger partial charge on any atom is 0.224 e. The van der Waals surface area contributed by atoms with Crippen molar-refractivity contribution in [2.45, 2.75) is 39.0 Å². The van der Waals surface area contributed by atoms with E-state index in [1.54, 1.807) is 0 Å². The van der Waals surface area contributed by atoms with Crippen LogP contribution < -0.4 is 5.32 Å². The first-order valence-electron chi connectivity index (χ1n) is 7.58. The summed E-state index contributed by atoms with van der Waals surface area (Å²) in [6.45, 7) is 4.07. The van der Waals surface area contributed by atoms with Gasteiger partial charge in [0.05, 0.1) is 0 Å². The topological polar surface area (TPSA) is 29.1 Å². The van der Waals surface area contributed by atoms with Gasteiger partial charge in [-0.3, -0.25) is 4.79 Å². The molecule has 0 fully saturated rings. The van der Waals surface area contributed by atoms with Crippen LogP contribution in [0.25, 0.3) is 0 Å². The molecule has 2 heteroatoms. The van der Waals surface area contributed by atoms with Gasteiger partial charge in [0.1, 0.15) is 0 Å². The second-order valence-corrected chi connectivity index (χ2v) is 6.01. The molecule has 1 aliphatic carbocycles. The molecule has 0 spiro atoms. The number of rotatable bonds is 3. The van der Waals surface area contributed by atoms with Gasteiger partial charge in [0.2, 0.25) is 5.91 Å². The van der Waals surface area contributed by atoms with Crippen LogP contribution in [0.2, 0.25) is 0 Å². The quantitative estimate of drug-likeness (QED) is 0.888. The molecule has 108 valence electrons. The minimum atomic E-state index is 0.116. The van der Waals surface area contributed by atoms with Crippen LogP contribution in [0.3, 0.4) is 0 Å². The number of carbonyl (C=O) groups excluding carboxylic acids is 1. The molecule has 0 radical (unpaired) electrons. The fourth-order valence-corrected chi connectivity index (χ4v) is 3.15. The number of carbonyl (C=O) groups is 1. The zero-order valence-corrected chi connectivity index (χ0v) is 12.6. The van der Waals surface area contributed by atoms with E-state index >= 15 is 0 Å². The monoisotopic (exact) mass is 279 g/mol. The van der Waals surface area contributed by atoms with Gasteiger partial charge >= 0.3 is 0 Å². The summed E-state index contributed by atoms with van der Waals surface area (Å²) >= 11 is 0. The molecule has 2 aromatic rings. The number of fused-ring (bicyclic) bond motifs is 1. The molecule has 1 N–H and O–H groups in total. The Bertz CT molecular complexity index is 675. The van der Waals surface area contributed by atoms with E-state index in [1.165, 1.54) is 16.7 Å². The maximum absolute atomic E-state index is 12.3. The van der Waals surface area contributed by atoms with Gasteiger partial charge in [0, 0.05) is 12.1 Å². The van der Waals surface area contributed by atoms with Gasteiger partial charge in [-0.15, -0.1) is 0 Å². The predicted molar refractivity (Wildman–Crippen MR) is 86.7 cm³/mol. The number of benzene rings is 2. The van der Waals surface area contributed by atoms with Crippen molar-refractivity contribution in [1.29, 1.82) is 0 Å². The second-order valence-electron chi connectivity index (χ2n) is 6.01. The van der Waals surface area contributed by atoms with Crippen LogP contribution in [-0.2, 0) is 11.2 Å². The van der Waals surface area contributed by atoms with E-state index in [4.69, 9.17) is 0 Å². The Morgan fingerprint density at radius 1 is 1.19 bits per heavy atom. The first-order valence-corrected chi connectivity index (χ1v) is 7.58. The van der Waals surface area contributed by atoms with Gasteiger partial charge < -0.3 is 5.32 Å². The number of hydrogen-bond acceptors (Lipinski definition) is 1. The lowest BCUT2D eigenvalue weighted by atomic mass is 9.97. The second kappa shape index (κ2) is 5.72. The molecule has 1 aliphatic rings. The molecule has 0 saturated heterocycles. The highest BCUT2D eigenvalue weighted by atomic mass is 16.1. The maximum atomic E-state index is 12.3. The number of hydrogen-bond donors (Lipinski definition) is 1. The van der Waals surface area contributed by atoms with Gasteiger partial charge in [-0.2, -0.15) is 0 Å². The van der Waals surface area contributed by atoms with Crippen molar-refractivity contribution in [3.8, 4) is 0 Å². The molecule has 0 heterocycles. The van der Waals surface area contributed by atoms with Crippen molar-refractivity contribution < 1.29 is 4.79 Å². The van der Waals surface area contributed by atoms with Gasteiger partial charge in [-0.05, 0) is 60.9 Å². The van der Waals surface area contributed by atoms with Gasteiger partial charge in [0.15, 0.2) is 0 Å². The Morgan fingerprint density at radius 3 is 2.86 bits per heavy atom. The average Bonchev–Trinajstić information content (AvgIpc) is 2.86. The summed E-state index contributed by atoms with van der Waals surface area (Å²) in [6.07, 6.45) is 2.75. The van der Waals surface area contributed by atoms with Crippen molar-refractivity contribution in [2.75, 3.05) is 5.32 Å². The fraction of sp³-hybridized carbons (Fsp3) is 0.316.